The molecule has 0 saturated heterocycles. The van der Waals surface area contributed by atoms with Crippen molar-refractivity contribution in [3.8, 4) is 0 Å². The Kier molecular flexibility index (Phi) is 5.00. The van der Waals surface area contributed by atoms with Crippen molar-refractivity contribution < 1.29 is 9.53 Å². The molecule has 3 rings (SSSR count). The average Bonchev–Trinajstić information content (AvgIpc) is 3.08. The van der Waals surface area contributed by atoms with Crippen molar-refractivity contribution in [2.45, 2.75) is 18.5 Å². The van der Waals surface area contributed by atoms with Crippen LogP contribution in [-0.4, -0.2) is 33.4 Å². The van der Waals surface area contributed by atoms with Gasteiger partial charge in [0, 0.05) is 12.6 Å². The number of carbonyl (C=O) groups excluding carboxylic acids is 1. The molecule has 0 fully saturated rings. The van der Waals surface area contributed by atoms with Crippen molar-refractivity contribution in [1.82, 2.24) is 14.6 Å². The van der Waals surface area contributed by atoms with E-state index in [0.29, 0.717) is 35.2 Å². The molecular formula is C17H18N4O2S. The van der Waals surface area contributed by atoms with E-state index in [1.165, 1.54) is 11.8 Å². The van der Waals surface area contributed by atoms with Crippen LogP contribution in [0.25, 0.3) is 5.65 Å². The van der Waals surface area contributed by atoms with Gasteiger partial charge in [0.2, 0.25) is 0 Å². The van der Waals surface area contributed by atoms with Crippen LogP contribution in [0, 0.1) is 0 Å². The number of nitrogens with one attached hydrogen (secondary N) is 1. The zero-order valence-corrected chi connectivity index (χ0v) is 14.3. The highest BCUT2D eigenvalue weighted by Gasteiger charge is 2.23. The number of esters is 1. The first-order valence-corrected chi connectivity index (χ1v) is 8.83. The summed E-state index contributed by atoms with van der Waals surface area (Å²) in [6, 6.07) is 11.8. The Bertz CT molecular complexity index is 848. The maximum absolute atomic E-state index is 12.5. The van der Waals surface area contributed by atoms with Gasteiger partial charge in [0.05, 0.1) is 12.8 Å². The van der Waals surface area contributed by atoms with Crippen LogP contribution < -0.4 is 5.32 Å². The second kappa shape index (κ2) is 7.35. The summed E-state index contributed by atoms with van der Waals surface area (Å²) in [4.78, 5) is 17.0. The monoisotopic (exact) mass is 342 g/mol. The van der Waals surface area contributed by atoms with Crippen molar-refractivity contribution >= 4 is 29.2 Å². The summed E-state index contributed by atoms with van der Waals surface area (Å²) in [5.41, 5.74) is 2.20. The van der Waals surface area contributed by atoms with E-state index in [2.05, 4.69) is 15.4 Å². The molecule has 24 heavy (non-hydrogen) atoms. The average molecular weight is 342 g/mol. The summed E-state index contributed by atoms with van der Waals surface area (Å²) >= 11 is 1.41. The van der Waals surface area contributed by atoms with Crippen LogP contribution in [0.3, 0.4) is 0 Å². The van der Waals surface area contributed by atoms with Crippen LogP contribution in [0.15, 0.2) is 47.6 Å². The van der Waals surface area contributed by atoms with Gasteiger partial charge >= 0.3 is 5.97 Å². The van der Waals surface area contributed by atoms with Crippen molar-refractivity contribution in [2.24, 2.45) is 0 Å². The number of anilines is 1. The molecular weight excluding hydrogens is 324 g/mol. The van der Waals surface area contributed by atoms with E-state index in [1.807, 2.05) is 42.7 Å². The fourth-order valence-electron chi connectivity index (χ4n) is 2.40. The molecule has 0 atom stereocenters. The predicted octanol–water partition coefficient (Wildman–Crippen LogP) is 3.24. The summed E-state index contributed by atoms with van der Waals surface area (Å²) in [6.45, 7) is 2.66. The molecule has 0 bridgehead atoms. The smallest absolute Gasteiger partial charge is 0.344 e. The largest absolute Gasteiger partial charge is 0.462 e. The molecule has 0 aliphatic rings. The summed E-state index contributed by atoms with van der Waals surface area (Å²) in [6.07, 6.45) is 3.55. The molecule has 0 saturated carbocycles. The molecule has 0 aliphatic carbocycles. The second-order valence-electron chi connectivity index (χ2n) is 5.01. The van der Waals surface area contributed by atoms with E-state index >= 15 is 0 Å². The third kappa shape index (κ3) is 3.21. The van der Waals surface area contributed by atoms with Crippen LogP contribution in [0.2, 0.25) is 0 Å². The lowest BCUT2D eigenvalue weighted by molar-refractivity contribution is 0.0522. The maximum atomic E-state index is 12.5. The molecule has 1 aromatic carbocycles. The number of benzene rings is 1. The number of aromatic nitrogens is 3. The van der Waals surface area contributed by atoms with Crippen LogP contribution >= 0.6 is 11.8 Å². The number of carbonyl (C=O) groups is 1. The van der Waals surface area contributed by atoms with Gasteiger partial charge in [0.15, 0.2) is 5.65 Å². The van der Waals surface area contributed by atoms with Gasteiger partial charge in [0.25, 0.3) is 0 Å². The van der Waals surface area contributed by atoms with Crippen molar-refractivity contribution in [3.05, 3.63) is 53.7 Å². The van der Waals surface area contributed by atoms with E-state index in [1.54, 1.807) is 17.6 Å². The molecule has 7 heteroatoms. The lowest BCUT2D eigenvalue weighted by Crippen LogP contribution is -2.16. The quantitative estimate of drug-likeness (QED) is 0.421. The van der Waals surface area contributed by atoms with Crippen LogP contribution in [0.4, 0.5) is 5.82 Å². The zero-order valence-electron chi connectivity index (χ0n) is 13.5. The molecule has 0 aliphatic heterocycles. The zero-order chi connectivity index (χ0) is 16.9. The molecule has 0 unspecified atom stereocenters. The first kappa shape index (κ1) is 16.3. The SMILES string of the molecule is CCOC(=O)c1c(SC)nc2ccnn2c1NCc1ccccc1. The molecule has 2 aromatic heterocycles. The number of hydrogen-bond acceptors (Lipinski definition) is 6. The highest BCUT2D eigenvalue weighted by Crippen LogP contribution is 2.28. The lowest BCUT2D eigenvalue weighted by Gasteiger charge is -2.15. The molecule has 0 amide bonds. The van der Waals surface area contributed by atoms with Gasteiger partial charge in [-0.25, -0.2) is 9.78 Å². The van der Waals surface area contributed by atoms with E-state index in [4.69, 9.17) is 4.74 Å². The molecule has 1 N–H and O–H groups in total. The number of ether oxygens (including phenoxy) is 1. The van der Waals surface area contributed by atoms with Gasteiger partial charge in [-0.3, -0.25) is 0 Å². The third-order valence-electron chi connectivity index (χ3n) is 3.48. The van der Waals surface area contributed by atoms with Crippen molar-refractivity contribution in [3.63, 3.8) is 0 Å². The van der Waals surface area contributed by atoms with E-state index in [9.17, 15) is 4.79 Å². The van der Waals surface area contributed by atoms with E-state index < -0.39 is 5.97 Å². The Morgan fingerprint density at radius 1 is 1.29 bits per heavy atom. The fraction of sp³-hybridized carbons (Fsp3) is 0.235. The summed E-state index contributed by atoms with van der Waals surface area (Å²) in [5.74, 6) is 0.193. The highest BCUT2D eigenvalue weighted by atomic mass is 32.2. The van der Waals surface area contributed by atoms with Crippen LogP contribution in [0.1, 0.15) is 22.8 Å². The van der Waals surface area contributed by atoms with Gasteiger partial charge in [-0.15, -0.1) is 11.8 Å². The first-order valence-electron chi connectivity index (χ1n) is 7.61. The van der Waals surface area contributed by atoms with Crippen molar-refractivity contribution in [2.75, 3.05) is 18.2 Å². The van der Waals surface area contributed by atoms with Gasteiger partial charge in [-0.1, -0.05) is 30.3 Å². The Labute approximate surface area is 144 Å². The third-order valence-corrected chi connectivity index (χ3v) is 4.16. The number of nitrogens with zero attached hydrogens (tertiary/aromatic N) is 3. The van der Waals surface area contributed by atoms with Gasteiger partial charge in [0.1, 0.15) is 16.4 Å². The fourth-order valence-corrected chi connectivity index (χ4v) is 2.97. The lowest BCUT2D eigenvalue weighted by atomic mass is 10.2. The molecule has 0 radical (unpaired) electrons. The normalized spacial score (nSPS) is 10.8. The van der Waals surface area contributed by atoms with E-state index in [0.717, 1.165) is 5.56 Å². The molecule has 124 valence electrons. The molecule has 2 heterocycles. The van der Waals surface area contributed by atoms with Crippen molar-refractivity contribution in [1.29, 1.82) is 0 Å². The Morgan fingerprint density at radius 3 is 2.79 bits per heavy atom. The Hall–Kier alpha value is -2.54. The van der Waals surface area contributed by atoms with Gasteiger partial charge < -0.3 is 10.1 Å². The molecule has 3 aromatic rings. The Morgan fingerprint density at radius 2 is 2.08 bits per heavy atom. The molecule has 6 nitrogen and oxygen atoms in total. The Balaban J connectivity index is 2.06. The summed E-state index contributed by atoms with van der Waals surface area (Å²) in [5, 5.41) is 8.23. The highest BCUT2D eigenvalue weighted by molar-refractivity contribution is 7.98. The van der Waals surface area contributed by atoms with Crippen LogP contribution in [0.5, 0.6) is 0 Å². The summed E-state index contributed by atoms with van der Waals surface area (Å²) in [7, 11) is 0. The first-order chi connectivity index (χ1) is 11.7. The maximum Gasteiger partial charge on any atom is 0.344 e. The minimum Gasteiger partial charge on any atom is -0.462 e. The minimum absolute atomic E-state index is 0.307. The standard InChI is InChI=1S/C17H18N4O2S/c1-3-23-17(22)14-15(18-11-12-7-5-4-6-8-12)21-13(9-10-19-21)20-16(14)24-2/h4-10,18H,3,11H2,1-2H3. The second-order valence-corrected chi connectivity index (χ2v) is 5.80. The summed E-state index contributed by atoms with van der Waals surface area (Å²) < 4.78 is 6.85. The number of fused-ring (bicyclic) bond motifs is 1. The van der Waals surface area contributed by atoms with E-state index in [-0.39, 0.29) is 0 Å². The number of thioether (sulfide) groups is 1. The van der Waals surface area contributed by atoms with Crippen LogP contribution in [-0.2, 0) is 11.3 Å². The number of hydrogen-bond donors (Lipinski definition) is 1. The minimum atomic E-state index is -0.401. The number of rotatable bonds is 6. The topological polar surface area (TPSA) is 68.5 Å². The van der Waals surface area contributed by atoms with Gasteiger partial charge in [-0.2, -0.15) is 9.61 Å². The predicted molar refractivity (Wildman–Crippen MR) is 94.5 cm³/mol. The van der Waals surface area contributed by atoms with Gasteiger partial charge in [-0.05, 0) is 18.7 Å². The molecule has 0 spiro atoms.